The van der Waals surface area contributed by atoms with Crippen LogP contribution in [0.1, 0.15) is 0 Å². The second kappa shape index (κ2) is 12.4. The average molecular weight is 704 g/mol. The maximum atomic E-state index is 2.46. The minimum absolute atomic E-state index is 1.11. The van der Waals surface area contributed by atoms with Crippen molar-refractivity contribution in [3.05, 3.63) is 200 Å². The van der Waals surface area contributed by atoms with Crippen LogP contribution in [0.5, 0.6) is 0 Å². The number of benzene rings is 10. The van der Waals surface area contributed by atoms with Gasteiger partial charge in [-0.25, -0.2) is 0 Å². The van der Waals surface area contributed by atoms with Gasteiger partial charge in [-0.15, -0.1) is 11.3 Å². The van der Waals surface area contributed by atoms with Gasteiger partial charge in [0.25, 0.3) is 0 Å². The molecule has 0 amide bonds. The standard InChI is InChI=1S/C52H33NS/c1-2-12-34(13-3-1)35-22-25-41(26-23-35)53(42-27-24-36-30-49-47-20-10-11-21-51(47)54-52(49)33-39(36)29-42)50-32-40(28-37-14-5-7-17-44(37)50)48-31-38-15-4-6-16-43(38)45-18-8-9-19-46(45)48/h1-33H. The maximum absolute atomic E-state index is 2.46. The van der Waals surface area contributed by atoms with Crippen LogP contribution in [0.15, 0.2) is 200 Å². The van der Waals surface area contributed by atoms with E-state index in [9.17, 15) is 0 Å². The third-order valence-electron chi connectivity index (χ3n) is 11.0. The fourth-order valence-electron chi connectivity index (χ4n) is 8.38. The van der Waals surface area contributed by atoms with E-state index in [1.165, 1.54) is 85.5 Å². The van der Waals surface area contributed by atoms with Crippen molar-refractivity contribution in [3.8, 4) is 22.3 Å². The lowest BCUT2D eigenvalue weighted by Crippen LogP contribution is -2.11. The summed E-state index contributed by atoms with van der Waals surface area (Å²) >= 11 is 1.87. The van der Waals surface area contributed by atoms with E-state index in [0.29, 0.717) is 0 Å². The Morgan fingerprint density at radius 2 is 0.926 bits per heavy atom. The van der Waals surface area contributed by atoms with Crippen molar-refractivity contribution in [2.24, 2.45) is 0 Å². The van der Waals surface area contributed by atoms with Crippen LogP contribution in [-0.4, -0.2) is 0 Å². The molecule has 0 saturated carbocycles. The van der Waals surface area contributed by atoms with Gasteiger partial charge in [-0.3, -0.25) is 0 Å². The first kappa shape index (κ1) is 30.8. The second-order valence-electron chi connectivity index (χ2n) is 14.1. The van der Waals surface area contributed by atoms with Crippen molar-refractivity contribution in [1.29, 1.82) is 0 Å². The van der Waals surface area contributed by atoms with Crippen molar-refractivity contribution in [3.63, 3.8) is 0 Å². The number of rotatable bonds is 5. The highest BCUT2D eigenvalue weighted by Gasteiger charge is 2.19. The second-order valence-corrected chi connectivity index (χ2v) is 15.2. The Morgan fingerprint density at radius 3 is 1.74 bits per heavy atom. The zero-order valence-electron chi connectivity index (χ0n) is 29.4. The molecule has 1 nitrogen and oxygen atoms in total. The van der Waals surface area contributed by atoms with Crippen LogP contribution in [0.4, 0.5) is 17.1 Å². The molecule has 0 aliphatic rings. The van der Waals surface area contributed by atoms with E-state index in [2.05, 4.69) is 205 Å². The van der Waals surface area contributed by atoms with Gasteiger partial charge in [-0.05, 0) is 121 Å². The molecule has 11 aromatic rings. The van der Waals surface area contributed by atoms with Crippen molar-refractivity contribution in [2.75, 3.05) is 4.90 Å². The predicted octanol–water partition coefficient (Wildman–Crippen LogP) is 15.5. The lowest BCUT2D eigenvalue weighted by molar-refractivity contribution is 1.30. The van der Waals surface area contributed by atoms with E-state index in [-0.39, 0.29) is 0 Å². The molecule has 0 unspecified atom stereocenters. The molecule has 0 radical (unpaired) electrons. The summed E-state index contributed by atoms with van der Waals surface area (Å²) in [7, 11) is 0. The molecule has 0 N–H and O–H groups in total. The van der Waals surface area contributed by atoms with Crippen molar-refractivity contribution in [1.82, 2.24) is 0 Å². The minimum atomic E-state index is 1.11. The van der Waals surface area contributed by atoms with Crippen molar-refractivity contribution in [2.45, 2.75) is 0 Å². The Hall–Kier alpha value is -6.74. The van der Waals surface area contributed by atoms with Gasteiger partial charge >= 0.3 is 0 Å². The molecule has 10 aromatic carbocycles. The molecular weight excluding hydrogens is 671 g/mol. The number of hydrogen-bond donors (Lipinski definition) is 0. The monoisotopic (exact) mass is 703 g/mol. The van der Waals surface area contributed by atoms with Crippen molar-refractivity contribution < 1.29 is 0 Å². The third kappa shape index (κ3) is 5.07. The van der Waals surface area contributed by atoms with E-state index >= 15 is 0 Å². The first-order valence-corrected chi connectivity index (χ1v) is 19.3. The molecule has 0 fully saturated rings. The van der Waals surface area contributed by atoms with Gasteiger partial charge in [0.1, 0.15) is 0 Å². The summed E-state index contributed by atoms with van der Waals surface area (Å²) in [6.07, 6.45) is 0. The van der Waals surface area contributed by atoms with Crippen LogP contribution in [0.3, 0.4) is 0 Å². The van der Waals surface area contributed by atoms with Crippen LogP contribution in [0.25, 0.3) is 85.5 Å². The lowest BCUT2D eigenvalue weighted by Gasteiger charge is -2.28. The topological polar surface area (TPSA) is 3.24 Å². The molecule has 0 bridgehead atoms. The normalized spacial score (nSPS) is 11.7. The summed E-state index contributed by atoms with van der Waals surface area (Å²) in [6, 6.07) is 73.7. The van der Waals surface area contributed by atoms with E-state index in [4.69, 9.17) is 0 Å². The van der Waals surface area contributed by atoms with Crippen LogP contribution < -0.4 is 4.90 Å². The fraction of sp³-hybridized carbons (Fsp3) is 0. The summed E-state index contributed by atoms with van der Waals surface area (Å²) in [4.78, 5) is 2.46. The van der Waals surface area contributed by atoms with E-state index in [0.717, 1.165) is 17.1 Å². The summed E-state index contributed by atoms with van der Waals surface area (Å²) in [5.74, 6) is 0. The first-order chi connectivity index (χ1) is 26.7. The molecule has 252 valence electrons. The Balaban J connectivity index is 1.16. The predicted molar refractivity (Wildman–Crippen MR) is 235 cm³/mol. The Labute approximate surface area is 317 Å². The van der Waals surface area contributed by atoms with Gasteiger partial charge in [0.05, 0.1) is 5.69 Å². The van der Waals surface area contributed by atoms with Gasteiger partial charge in [0.2, 0.25) is 0 Å². The number of anilines is 3. The average Bonchev–Trinajstić information content (AvgIpc) is 3.60. The van der Waals surface area contributed by atoms with Crippen LogP contribution in [0, 0.1) is 0 Å². The Kier molecular flexibility index (Phi) is 7.11. The Bertz CT molecular complexity index is 3210. The molecule has 1 heterocycles. The van der Waals surface area contributed by atoms with Gasteiger partial charge in [-0.2, -0.15) is 0 Å². The molecule has 2 heteroatoms. The minimum Gasteiger partial charge on any atom is -0.310 e. The smallest absolute Gasteiger partial charge is 0.0546 e. The molecule has 11 rings (SSSR count). The highest BCUT2D eigenvalue weighted by molar-refractivity contribution is 7.25. The molecule has 54 heavy (non-hydrogen) atoms. The van der Waals surface area contributed by atoms with Crippen molar-refractivity contribution >= 4 is 91.7 Å². The number of hydrogen-bond acceptors (Lipinski definition) is 2. The summed E-state index contributed by atoms with van der Waals surface area (Å²) in [5.41, 5.74) is 8.24. The molecule has 0 spiro atoms. The number of fused-ring (bicyclic) bond motifs is 8. The van der Waals surface area contributed by atoms with Gasteiger partial charge in [-0.1, -0.05) is 140 Å². The molecule has 0 aliphatic carbocycles. The molecule has 0 atom stereocenters. The Morgan fingerprint density at radius 1 is 0.296 bits per heavy atom. The third-order valence-corrected chi connectivity index (χ3v) is 12.1. The van der Waals surface area contributed by atoms with Gasteiger partial charge in [0.15, 0.2) is 0 Å². The molecule has 0 saturated heterocycles. The number of nitrogens with zero attached hydrogens (tertiary/aromatic N) is 1. The van der Waals surface area contributed by atoms with E-state index in [1.807, 2.05) is 11.3 Å². The number of thiophene rings is 1. The lowest BCUT2D eigenvalue weighted by atomic mass is 9.91. The van der Waals surface area contributed by atoms with Gasteiger partial charge < -0.3 is 4.90 Å². The highest BCUT2D eigenvalue weighted by Crippen LogP contribution is 2.45. The first-order valence-electron chi connectivity index (χ1n) is 18.5. The molecular formula is C52H33NS. The SMILES string of the molecule is c1ccc(-c2ccc(N(c3ccc4cc5c(cc4c3)sc3ccccc35)c3cc(-c4cc5ccccc5c5ccccc45)cc4ccccc34)cc2)cc1. The highest BCUT2D eigenvalue weighted by atomic mass is 32.1. The fourth-order valence-corrected chi connectivity index (χ4v) is 9.52. The zero-order valence-corrected chi connectivity index (χ0v) is 30.2. The molecule has 1 aromatic heterocycles. The summed E-state index contributed by atoms with van der Waals surface area (Å²) < 4.78 is 2.64. The van der Waals surface area contributed by atoms with Crippen LogP contribution in [-0.2, 0) is 0 Å². The zero-order chi connectivity index (χ0) is 35.6. The largest absolute Gasteiger partial charge is 0.310 e. The maximum Gasteiger partial charge on any atom is 0.0546 e. The van der Waals surface area contributed by atoms with Crippen LogP contribution >= 0.6 is 11.3 Å². The van der Waals surface area contributed by atoms with E-state index < -0.39 is 0 Å². The quantitative estimate of drug-likeness (QED) is 0.161. The van der Waals surface area contributed by atoms with E-state index in [1.54, 1.807) is 0 Å². The molecule has 0 aliphatic heterocycles. The summed E-state index contributed by atoms with van der Waals surface area (Å²) in [6.45, 7) is 0. The van der Waals surface area contributed by atoms with Gasteiger partial charge in [0, 0.05) is 36.9 Å². The van der Waals surface area contributed by atoms with Crippen LogP contribution in [0.2, 0.25) is 0 Å². The summed E-state index contributed by atoms with van der Waals surface area (Å²) in [5, 5.41) is 12.6.